The molecule has 162 valence electrons. The average molecular weight is 431 g/mol. The fraction of sp³-hybridized carbons (Fsp3) is 0.417. The van der Waals surface area contributed by atoms with Gasteiger partial charge in [0.25, 0.3) is 5.91 Å². The third kappa shape index (κ3) is 7.06. The lowest BCUT2D eigenvalue weighted by molar-refractivity contribution is -0.142. The van der Waals surface area contributed by atoms with Gasteiger partial charge in [0.2, 0.25) is 5.91 Å². The van der Waals surface area contributed by atoms with Crippen molar-refractivity contribution in [3.05, 3.63) is 64.2 Å². The normalized spacial score (nSPS) is 11.6. The standard InChI is InChI=1S/C24H31ClN2O3/c1-5-6-11-26-24(29)19(4)27(15-20-9-7-8-10-22(20)25)23(28)16-30-21-13-17(2)12-18(3)14-21/h7-10,12-14,19H,5-6,11,15-16H2,1-4H3,(H,26,29). The van der Waals surface area contributed by atoms with E-state index in [0.717, 1.165) is 29.5 Å². The summed E-state index contributed by atoms with van der Waals surface area (Å²) in [4.78, 5) is 27.2. The lowest BCUT2D eigenvalue weighted by atomic mass is 10.1. The van der Waals surface area contributed by atoms with Crippen LogP contribution in [-0.2, 0) is 16.1 Å². The summed E-state index contributed by atoms with van der Waals surface area (Å²) >= 11 is 6.30. The molecule has 0 bridgehead atoms. The maximum atomic E-state index is 13.1. The number of halogens is 1. The third-order valence-corrected chi connectivity index (χ3v) is 5.22. The molecule has 6 heteroatoms. The lowest BCUT2D eigenvalue weighted by Crippen LogP contribution is -2.49. The van der Waals surface area contributed by atoms with Crippen molar-refractivity contribution in [3.63, 3.8) is 0 Å². The van der Waals surface area contributed by atoms with Gasteiger partial charge in [0, 0.05) is 18.1 Å². The highest BCUT2D eigenvalue weighted by Gasteiger charge is 2.27. The van der Waals surface area contributed by atoms with Crippen molar-refractivity contribution in [1.29, 1.82) is 0 Å². The Kier molecular flexibility index (Phi) is 9.18. The zero-order valence-electron chi connectivity index (χ0n) is 18.2. The van der Waals surface area contributed by atoms with E-state index in [1.807, 2.05) is 50.2 Å². The zero-order chi connectivity index (χ0) is 22.1. The van der Waals surface area contributed by atoms with E-state index < -0.39 is 6.04 Å². The Morgan fingerprint density at radius 3 is 2.43 bits per heavy atom. The van der Waals surface area contributed by atoms with E-state index in [2.05, 4.69) is 12.2 Å². The Morgan fingerprint density at radius 1 is 1.13 bits per heavy atom. The van der Waals surface area contributed by atoms with Crippen molar-refractivity contribution >= 4 is 23.4 Å². The predicted molar refractivity (Wildman–Crippen MR) is 121 cm³/mol. The summed E-state index contributed by atoms with van der Waals surface area (Å²) in [5.74, 6) is 0.182. The van der Waals surface area contributed by atoms with Gasteiger partial charge in [-0.3, -0.25) is 9.59 Å². The molecule has 0 saturated carbocycles. The SMILES string of the molecule is CCCCNC(=O)C(C)N(Cc1ccccc1Cl)C(=O)COc1cc(C)cc(C)c1. The Bertz CT molecular complexity index is 849. The molecule has 0 fully saturated rings. The molecule has 0 aliphatic heterocycles. The number of ether oxygens (including phenoxy) is 1. The third-order valence-electron chi connectivity index (χ3n) is 4.85. The van der Waals surface area contributed by atoms with Gasteiger partial charge in [-0.15, -0.1) is 0 Å². The minimum absolute atomic E-state index is 0.153. The smallest absolute Gasteiger partial charge is 0.261 e. The van der Waals surface area contributed by atoms with Crippen molar-refractivity contribution in [3.8, 4) is 5.75 Å². The molecule has 1 atom stereocenters. The van der Waals surface area contributed by atoms with E-state index >= 15 is 0 Å². The summed E-state index contributed by atoms with van der Waals surface area (Å²) in [7, 11) is 0. The van der Waals surface area contributed by atoms with Crippen LogP contribution in [0.2, 0.25) is 5.02 Å². The van der Waals surface area contributed by atoms with Crippen LogP contribution in [0.1, 0.15) is 43.4 Å². The quantitative estimate of drug-likeness (QED) is 0.557. The summed E-state index contributed by atoms with van der Waals surface area (Å²) in [6.45, 7) is 8.42. The molecule has 0 heterocycles. The fourth-order valence-electron chi connectivity index (χ4n) is 3.17. The number of carbonyl (C=O) groups is 2. The molecule has 1 unspecified atom stereocenters. The molecule has 2 aromatic carbocycles. The van der Waals surface area contributed by atoms with Gasteiger partial charge in [0.1, 0.15) is 11.8 Å². The van der Waals surface area contributed by atoms with Crippen LogP contribution in [0.4, 0.5) is 0 Å². The van der Waals surface area contributed by atoms with Crippen molar-refractivity contribution in [1.82, 2.24) is 10.2 Å². The topological polar surface area (TPSA) is 58.6 Å². The largest absolute Gasteiger partial charge is 0.484 e. The van der Waals surface area contributed by atoms with E-state index in [9.17, 15) is 9.59 Å². The Morgan fingerprint density at radius 2 is 1.80 bits per heavy atom. The summed E-state index contributed by atoms with van der Waals surface area (Å²) in [5.41, 5.74) is 2.91. The van der Waals surface area contributed by atoms with Crippen molar-refractivity contribution in [2.24, 2.45) is 0 Å². The fourth-order valence-corrected chi connectivity index (χ4v) is 3.37. The van der Waals surface area contributed by atoms with E-state index in [1.165, 1.54) is 4.90 Å². The van der Waals surface area contributed by atoms with Crippen molar-refractivity contribution < 1.29 is 14.3 Å². The molecule has 0 aliphatic rings. The molecule has 0 spiro atoms. The van der Waals surface area contributed by atoms with Gasteiger partial charge < -0.3 is 15.0 Å². The summed E-state index contributed by atoms with van der Waals surface area (Å²) < 4.78 is 5.75. The van der Waals surface area contributed by atoms with Crippen molar-refractivity contribution in [2.45, 2.75) is 53.1 Å². The van der Waals surface area contributed by atoms with Crippen LogP contribution in [0.25, 0.3) is 0 Å². The number of unbranched alkanes of at least 4 members (excludes halogenated alkanes) is 1. The predicted octanol–water partition coefficient (Wildman–Crippen LogP) is 4.67. The summed E-state index contributed by atoms with van der Waals surface area (Å²) in [5, 5.41) is 3.46. The van der Waals surface area contributed by atoms with Gasteiger partial charge in [0.15, 0.2) is 6.61 Å². The number of nitrogens with zero attached hydrogens (tertiary/aromatic N) is 1. The highest BCUT2D eigenvalue weighted by atomic mass is 35.5. The molecule has 30 heavy (non-hydrogen) atoms. The second-order valence-electron chi connectivity index (χ2n) is 7.55. The lowest BCUT2D eigenvalue weighted by Gasteiger charge is -2.29. The van der Waals surface area contributed by atoms with Crippen LogP contribution in [0.5, 0.6) is 5.75 Å². The number of aryl methyl sites for hydroxylation is 2. The maximum absolute atomic E-state index is 13.1. The number of hydrogen-bond acceptors (Lipinski definition) is 3. The molecule has 2 aromatic rings. The molecule has 0 radical (unpaired) electrons. The molecular weight excluding hydrogens is 400 g/mol. The number of hydrogen-bond donors (Lipinski definition) is 1. The maximum Gasteiger partial charge on any atom is 0.261 e. The van der Waals surface area contributed by atoms with E-state index in [1.54, 1.807) is 13.0 Å². The zero-order valence-corrected chi connectivity index (χ0v) is 19.0. The minimum atomic E-state index is -0.645. The Hall–Kier alpha value is -2.53. The van der Waals surface area contributed by atoms with Gasteiger partial charge in [-0.25, -0.2) is 0 Å². The second kappa shape index (κ2) is 11.6. The highest BCUT2D eigenvalue weighted by molar-refractivity contribution is 6.31. The first-order valence-corrected chi connectivity index (χ1v) is 10.7. The van der Waals surface area contributed by atoms with Crippen LogP contribution in [0, 0.1) is 13.8 Å². The number of benzene rings is 2. The first-order chi connectivity index (χ1) is 14.3. The van der Waals surface area contributed by atoms with Crippen LogP contribution in [0.3, 0.4) is 0 Å². The van der Waals surface area contributed by atoms with Gasteiger partial charge >= 0.3 is 0 Å². The summed E-state index contributed by atoms with van der Waals surface area (Å²) in [6.07, 6.45) is 1.88. The molecule has 0 aliphatic carbocycles. The molecule has 5 nitrogen and oxygen atoms in total. The first-order valence-electron chi connectivity index (χ1n) is 10.3. The highest BCUT2D eigenvalue weighted by Crippen LogP contribution is 2.20. The van der Waals surface area contributed by atoms with E-state index in [-0.39, 0.29) is 25.0 Å². The van der Waals surface area contributed by atoms with Gasteiger partial charge in [-0.1, -0.05) is 49.2 Å². The number of carbonyl (C=O) groups excluding carboxylic acids is 2. The average Bonchev–Trinajstić information content (AvgIpc) is 2.70. The molecule has 2 rings (SSSR count). The summed E-state index contributed by atoms with van der Waals surface area (Å²) in [6, 6.07) is 12.5. The van der Waals surface area contributed by atoms with Crippen LogP contribution < -0.4 is 10.1 Å². The number of rotatable bonds is 10. The van der Waals surface area contributed by atoms with E-state index in [0.29, 0.717) is 17.3 Å². The monoisotopic (exact) mass is 430 g/mol. The first kappa shape index (κ1) is 23.7. The molecule has 2 amide bonds. The van der Waals surface area contributed by atoms with Gasteiger partial charge in [-0.05, 0) is 62.1 Å². The van der Waals surface area contributed by atoms with Gasteiger partial charge in [-0.2, -0.15) is 0 Å². The van der Waals surface area contributed by atoms with Crippen LogP contribution in [0.15, 0.2) is 42.5 Å². The number of amides is 2. The van der Waals surface area contributed by atoms with Crippen LogP contribution >= 0.6 is 11.6 Å². The molecule has 0 aromatic heterocycles. The second-order valence-corrected chi connectivity index (χ2v) is 7.95. The van der Waals surface area contributed by atoms with Crippen molar-refractivity contribution in [2.75, 3.05) is 13.2 Å². The molecule has 1 N–H and O–H groups in total. The minimum Gasteiger partial charge on any atom is -0.484 e. The van der Waals surface area contributed by atoms with Crippen LogP contribution in [-0.4, -0.2) is 35.9 Å². The number of nitrogens with one attached hydrogen (secondary N) is 1. The Balaban J connectivity index is 2.15. The van der Waals surface area contributed by atoms with Gasteiger partial charge in [0.05, 0.1) is 0 Å². The molecular formula is C24H31ClN2O3. The Labute approximate surface area is 184 Å². The van der Waals surface area contributed by atoms with E-state index in [4.69, 9.17) is 16.3 Å². The molecule has 0 saturated heterocycles.